The van der Waals surface area contributed by atoms with E-state index in [-0.39, 0.29) is 18.4 Å². The fraction of sp³-hybridized carbons (Fsp3) is 0.250. The highest BCUT2D eigenvalue weighted by molar-refractivity contribution is 7.16. The van der Waals surface area contributed by atoms with Crippen molar-refractivity contribution in [1.29, 1.82) is 0 Å². The predicted molar refractivity (Wildman–Crippen MR) is 102 cm³/mol. The molecule has 1 aromatic heterocycles. The van der Waals surface area contributed by atoms with Crippen LogP contribution in [0.25, 0.3) is 10.2 Å². The van der Waals surface area contributed by atoms with Crippen LogP contribution in [-0.2, 0) is 22.5 Å². The molecule has 0 bridgehead atoms. The highest BCUT2D eigenvalue weighted by Gasteiger charge is 2.13. The third-order valence-corrected chi connectivity index (χ3v) is 5.21. The van der Waals surface area contributed by atoms with Crippen molar-refractivity contribution in [2.45, 2.75) is 26.8 Å². The van der Waals surface area contributed by atoms with Crippen LogP contribution in [0.4, 0.5) is 0 Å². The third-order valence-electron chi connectivity index (χ3n) is 4.17. The molecular formula is C20H20N2O3S. The van der Waals surface area contributed by atoms with E-state index < -0.39 is 0 Å². The number of ether oxygens (including phenoxy) is 1. The summed E-state index contributed by atoms with van der Waals surface area (Å²) in [6, 6.07) is 13.3. The number of thiazole rings is 1. The van der Waals surface area contributed by atoms with Gasteiger partial charge in [-0.15, -0.1) is 0 Å². The van der Waals surface area contributed by atoms with Crippen LogP contribution in [0.1, 0.15) is 28.4 Å². The van der Waals surface area contributed by atoms with Gasteiger partial charge in [0.2, 0.25) is 0 Å². The zero-order valence-corrected chi connectivity index (χ0v) is 15.8. The van der Waals surface area contributed by atoms with Gasteiger partial charge in [-0.25, -0.2) is 0 Å². The lowest BCUT2D eigenvalue weighted by atomic mass is 10.1. The smallest absolute Gasteiger partial charge is 0.325 e. The minimum atomic E-state index is -0.381. The van der Waals surface area contributed by atoms with Gasteiger partial charge in [-0.2, -0.15) is 4.99 Å². The molecule has 0 unspecified atom stereocenters. The Morgan fingerprint density at radius 1 is 1.15 bits per heavy atom. The van der Waals surface area contributed by atoms with Gasteiger partial charge < -0.3 is 9.30 Å². The number of fused-ring (bicyclic) bond motifs is 1. The summed E-state index contributed by atoms with van der Waals surface area (Å²) < 4.78 is 7.52. The molecule has 0 aliphatic rings. The molecule has 0 atom stereocenters. The zero-order valence-electron chi connectivity index (χ0n) is 15.0. The molecule has 3 aromatic rings. The van der Waals surface area contributed by atoms with Crippen LogP contribution in [-0.4, -0.2) is 23.6 Å². The highest BCUT2D eigenvalue weighted by atomic mass is 32.1. The number of hydrogen-bond acceptors (Lipinski definition) is 4. The van der Waals surface area contributed by atoms with Crippen LogP contribution < -0.4 is 4.80 Å². The van der Waals surface area contributed by atoms with Gasteiger partial charge in [0.05, 0.1) is 17.3 Å². The van der Waals surface area contributed by atoms with E-state index in [2.05, 4.69) is 18.0 Å². The molecule has 0 aliphatic carbocycles. The molecule has 0 N–H and O–H groups in total. The van der Waals surface area contributed by atoms with E-state index in [4.69, 9.17) is 4.74 Å². The Morgan fingerprint density at radius 2 is 1.88 bits per heavy atom. The Kier molecular flexibility index (Phi) is 5.32. The van der Waals surface area contributed by atoms with E-state index >= 15 is 0 Å². The number of nitrogens with zero attached hydrogens (tertiary/aromatic N) is 2. The lowest BCUT2D eigenvalue weighted by Crippen LogP contribution is -2.22. The Hall–Kier alpha value is -2.73. The fourth-order valence-corrected chi connectivity index (χ4v) is 3.71. The Morgan fingerprint density at radius 3 is 2.54 bits per heavy atom. The Labute approximate surface area is 155 Å². The number of methoxy groups -OCH3 is 1. The van der Waals surface area contributed by atoms with E-state index in [0.29, 0.717) is 10.4 Å². The van der Waals surface area contributed by atoms with Crippen molar-refractivity contribution in [3.05, 3.63) is 64.0 Å². The molecule has 3 rings (SSSR count). The molecule has 5 nitrogen and oxygen atoms in total. The van der Waals surface area contributed by atoms with Gasteiger partial charge >= 0.3 is 5.97 Å². The number of carbonyl (C=O) groups excluding carboxylic acids is 2. The quantitative estimate of drug-likeness (QED) is 0.662. The maximum absolute atomic E-state index is 12.5. The summed E-state index contributed by atoms with van der Waals surface area (Å²) in [5.41, 5.74) is 3.66. The van der Waals surface area contributed by atoms with E-state index in [1.807, 2.05) is 31.2 Å². The summed E-state index contributed by atoms with van der Waals surface area (Å²) in [6.45, 7) is 4.07. The average molecular weight is 368 g/mol. The van der Waals surface area contributed by atoms with Crippen molar-refractivity contribution in [3.8, 4) is 0 Å². The minimum absolute atomic E-state index is 0.0159. The van der Waals surface area contributed by atoms with Crippen molar-refractivity contribution < 1.29 is 14.3 Å². The van der Waals surface area contributed by atoms with E-state index in [9.17, 15) is 9.59 Å². The molecular weight excluding hydrogens is 348 g/mol. The fourth-order valence-electron chi connectivity index (χ4n) is 2.62. The number of amides is 1. The number of aryl methyl sites for hydroxylation is 2. The molecule has 0 fully saturated rings. The van der Waals surface area contributed by atoms with E-state index in [1.54, 1.807) is 16.7 Å². The summed E-state index contributed by atoms with van der Waals surface area (Å²) in [4.78, 5) is 29.1. The first-order valence-corrected chi connectivity index (χ1v) is 9.18. The van der Waals surface area contributed by atoms with Crippen molar-refractivity contribution in [2.24, 2.45) is 4.99 Å². The second kappa shape index (κ2) is 7.66. The number of esters is 1. The molecule has 0 saturated carbocycles. The molecule has 2 aromatic carbocycles. The van der Waals surface area contributed by atoms with Gasteiger partial charge in [-0.3, -0.25) is 9.59 Å². The maximum Gasteiger partial charge on any atom is 0.325 e. The second-order valence-corrected chi connectivity index (χ2v) is 6.99. The SMILES string of the molecule is CCc1ccc2c(c1)sc(=NC(=O)c1ccc(C)cc1)n2CC(=O)OC. The first-order valence-electron chi connectivity index (χ1n) is 8.36. The first-order chi connectivity index (χ1) is 12.5. The normalized spacial score (nSPS) is 11.7. The minimum Gasteiger partial charge on any atom is -0.468 e. The number of aromatic nitrogens is 1. The van der Waals surface area contributed by atoms with Crippen molar-refractivity contribution in [2.75, 3.05) is 7.11 Å². The molecule has 0 radical (unpaired) electrons. The number of rotatable bonds is 4. The summed E-state index contributed by atoms with van der Waals surface area (Å²) in [6.07, 6.45) is 0.916. The monoisotopic (exact) mass is 368 g/mol. The maximum atomic E-state index is 12.5. The van der Waals surface area contributed by atoms with Crippen LogP contribution >= 0.6 is 11.3 Å². The van der Waals surface area contributed by atoms with Crippen LogP contribution in [0, 0.1) is 6.92 Å². The van der Waals surface area contributed by atoms with Crippen LogP contribution in [0.3, 0.4) is 0 Å². The van der Waals surface area contributed by atoms with Gasteiger partial charge in [0.15, 0.2) is 4.80 Å². The average Bonchev–Trinajstić information content (AvgIpc) is 2.98. The Balaban J connectivity index is 2.13. The number of benzene rings is 2. The second-order valence-electron chi connectivity index (χ2n) is 5.99. The lowest BCUT2D eigenvalue weighted by molar-refractivity contribution is -0.141. The van der Waals surface area contributed by atoms with Crippen molar-refractivity contribution in [1.82, 2.24) is 4.57 Å². The summed E-state index contributed by atoms with van der Waals surface area (Å²) in [5, 5.41) is 0. The topological polar surface area (TPSA) is 60.7 Å². The lowest BCUT2D eigenvalue weighted by Gasteiger charge is -2.04. The highest BCUT2D eigenvalue weighted by Crippen LogP contribution is 2.20. The molecule has 6 heteroatoms. The summed E-state index contributed by atoms with van der Waals surface area (Å²) in [5.74, 6) is -0.709. The third kappa shape index (κ3) is 3.75. The van der Waals surface area contributed by atoms with Crippen LogP contribution in [0.2, 0.25) is 0 Å². The molecule has 0 saturated heterocycles. The number of carbonyl (C=O) groups is 2. The van der Waals surface area contributed by atoms with Gasteiger partial charge in [-0.05, 0) is 43.2 Å². The van der Waals surface area contributed by atoms with Gasteiger partial charge in [0.25, 0.3) is 5.91 Å². The van der Waals surface area contributed by atoms with Gasteiger partial charge in [-0.1, -0.05) is 42.0 Å². The largest absolute Gasteiger partial charge is 0.468 e. The predicted octanol–water partition coefficient (Wildman–Crippen LogP) is 3.49. The Bertz CT molecular complexity index is 1030. The summed E-state index contributed by atoms with van der Waals surface area (Å²) >= 11 is 1.40. The van der Waals surface area contributed by atoms with Gasteiger partial charge in [0.1, 0.15) is 6.54 Å². The molecule has 26 heavy (non-hydrogen) atoms. The standard InChI is InChI=1S/C20H20N2O3S/c1-4-14-7-10-16-17(11-14)26-20(22(16)12-18(23)25-3)21-19(24)15-8-5-13(2)6-9-15/h5-11H,4,12H2,1-3H3. The van der Waals surface area contributed by atoms with Crippen LogP contribution in [0.5, 0.6) is 0 Å². The molecule has 1 heterocycles. The first kappa shape index (κ1) is 18.1. The van der Waals surface area contributed by atoms with E-state index in [1.165, 1.54) is 24.0 Å². The van der Waals surface area contributed by atoms with Crippen molar-refractivity contribution in [3.63, 3.8) is 0 Å². The molecule has 134 valence electrons. The zero-order chi connectivity index (χ0) is 18.7. The van der Waals surface area contributed by atoms with Crippen molar-refractivity contribution >= 4 is 33.4 Å². The molecule has 1 amide bonds. The van der Waals surface area contributed by atoms with Gasteiger partial charge in [0, 0.05) is 5.56 Å². The number of hydrogen-bond donors (Lipinski definition) is 0. The van der Waals surface area contributed by atoms with E-state index in [0.717, 1.165) is 22.2 Å². The summed E-state index contributed by atoms with van der Waals surface area (Å²) in [7, 11) is 1.35. The molecule has 0 spiro atoms. The molecule has 0 aliphatic heterocycles. The van der Waals surface area contributed by atoms with Crippen LogP contribution in [0.15, 0.2) is 47.5 Å².